The van der Waals surface area contributed by atoms with Crippen LogP contribution < -0.4 is 5.32 Å². The minimum absolute atomic E-state index is 0.105. The molecular formula is C12H17BrN2O3S. The van der Waals surface area contributed by atoms with Gasteiger partial charge in [0.2, 0.25) is 0 Å². The number of carboxylic acid groups (broad SMARTS) is 1. The summed E-state index contributed by atoms with van der Waals surface area (Å²) < 4.78 is 0.978. The van der Waals surface area contributed by atoms with Crippen molar-refractivity contribution in [1.29, 1.82) is 0 Å². The van der Waals surface area contributed by atoms with E-state index in [1.165, 1.54) is 16.2 Å². The molecule has 0 fully saturated rings. The van der Waals surface area contributed by atoms with Crippen LogP contribution in [0.4, 0.5) is 4.79 Å². The van der Waals surface area contributed by atoms with Gasteiger partial charge in [-0.3, -0.25) is 4.79 Å². The molecule has 0 saturated carbocycles. The van der Waals surface area contributed by atoms with E-state index < -0.39 is 5.97 Å². The van der Waals surface area contributed by atoms with Gasteiger partial charge in [-0.15, -0.1) is 11.3 Å². The lowest BCUT2D eigenvalue weighted by Gasteiger charge is -2.26. The molecule has 2 amide bonds. The van der Waals surface area contributed by atoms with Gasteiger partial charge in [0.15, 0.2) is 0 Å². The molecule has 1 unspecified atom stereocenters. The van der Waals surface area contributed by atoms with Crippen LogP contribution in [-0.2, 0) is 11.3 Å². The first-order valence-corrected chi connectivity index (χ1v) is 7.60. The Kier molecular flexibility index (Phi) is 6.30. The van der Waals surface area contributed by atoms with Crippen LogP contribution in [0.15, 0.2) is 15.9 Å². The highest BCUT2D eigenvalue weighted by molar-refractivity contribution is 9.10. The Morgan fingerprint density at radius 2 is 2.26 bits per heavy atom. The van der Waals surface area contributed by atoms with E-state index in [0.29, 0.717) is 13.0 Å². The van der Waals surface area contributed by atoms with Crippen LogP contribution >= 0.6 is 27.3 Å². The molecule has 5 nitrogen and oxygen atoms in total. The molecule has 19 heavy (non-hydrogen) atoms. The van der Waals surface area contributed by atoms with Crippen LogP contribution in [0.1, 0.15) is 25.1 Å². The van der Waals surface area contributed by atoms with E-state index in [4.69, 9.17) is 5.11 Å². The predicted octanol–water partition coefficient (Wildman–Crippen LogP) is 2.91. The van der Waals surface area contributed by atoms with Gasteiger partial charge in [-0.1, -0.05) is 6.92 Å². The topological polar surface area (TPSA) is 69.6 Å². The fourth-order valence-electron chi connectivity index (χ4n) is 1.50. The number of hydrogen-bond donors (Lipinski definition) is 2. The minimum Gasteiger partial charge on any atom is -0.480 e. The highest BCUT2D eigenvalue weighted by atomic mass is 79.9. The minimum atomic E-state index is -1.01. The average Bonchev–Trinajstić information content (AvgIpc) is 2.77. The number of thiophene rings is 1. The number of nitrogens with one attached hydrogen (secondary N) is 1. The Labute approximate surface area is 124 Å². The maximum Gasteiger partial charge on any atom is 0.323 e. The second kappa shape index (κ2) is 7.49. The van der Waals surface area contributed by atoms with Gasteiger partial charge in [-0.2, -0.15) is 0 Å². The summed E-state index contributed by atoms with van der Waals surface area (Å²) in [4.78, 5) is 25.1. The van der Waals surface area contributed by atoms with Crippen LogP contribution in [0.25, 0.3) is 0 Å². The number of carbonyl (C=O) groups is 2. The van der Waals surface area contributed by atoms with Crippen LogP contribution in [0.3, 0.4) is 0 Å². The lowest BCUT2D eigenvalue weighted by molar-refractivity contribution is -0.138. The quantitative estimate of drug-likeness (QED) is 0.830. The molecule has 0 aliphatic carbocycles. The van der Waals surface area contributed by atoms with E-state index in [1.54, 1.807) is 0 Å². The zero-order valence-electron chi connectivity index (χ0n) is 10.9. The number of nitrogens with zero attached hydrogens (tertiary/aromatic N) is 1. The maximum atomic E-state index is 12.0. The summed E-state index contributed by atoms with van der Waals surface area (Å²) in [6.45, 7) is 3.88. The monoisotopic (exact) mass is 348 g/mol. The molecule has 7 heteroatoms. The number of carboxylic acids is 1. The number of urea groups is 1. The molecule has 0 aliphatic rings. The summed E-state index contributed by atoms with van der Waals surface area (Å²) >= 11 is 4.88. The molecule has 1 atom stereocenters. The highest BCUT2D eigenvalue weighted by Gasteiger charge is 2.21. The third kappa shape index (κ3) is 5.20. The number of hydrogen-bond acceptors (Lipinski definition) is 3. The number of aliphatic carboxylic acids is 1. The van der Waals surface area contributed by atoms with Crippen molar-refractivity contribution in [2.75, 3.05) is 6.54 Å². The van der Waals surface area contributed by atoms with Crippen molar-refractivity contribution in [2.45, 2.75) is 32.9 Å². The Bertz CT molecular complexity index is 450. The van der Waals surface area contributed by atoms with Crippen molar-refractivity contribution in [3.8, 4) is 0 Å². The lowest BCUT2D eigenvalue weighted by atomic mass is 10.2. The SMILES string of the molecule is CCC(C)N(CC(=O)O)C(=O)NCc1cc(Br)cs1. The fraction of sp³-hybridized carbons (Fsp3) is 0.500. The molecule has 1 rings (SSSR count). The van der Waals surface area contributed by atoms with E-state index in [-0.39, 0.29) is 18.6 Å². The third-order valence-electron chi connectivity index (χ3n) is 2.72. The summed E-state index contributed by atoms with van der Waals surface area (Å²) in [6, 6.07) is 1.47. The van der Waals surface area contributed by atoms with E-state index in [2.05, 4.69) is 21.2 Å². The fourth-order valence-corrected chi connectivity index (χ4v) is 2.90. The van der Waals surface area contributed by atoms with Gasteiger partial charge >= 0.3 is 12.0 Å². The average molecular weight is 349 g/mol. The Balaban J connectivity index is 2.58. The summed E-state index contributed by atoms with van der Waals surface area (Å²) in [6.07, 6.45) is 0.714. The van der Waals surface area contributed by atoms with Gasteiger partial charge in [0.1, 0.15) is 6.54 Å². The van der Waals surface area contributed by atoms with E-state index >= 15 is 0 Å². The summed E-state index contributed by atoms with van der Waals surface area (Å²) in [5, 5.41) is 13.5. The van der Waals surface area contributed by atoms with Crippen molar-refractivity contribution < 1.29 is 14.7 Å². The predicted molar refractivity (Wildman–Crippen MR) is 78.3 cm³/mol. The van der Waals surface area contributed by atoms with Crippen LogP contribution in [0.2, 0.25) is 0 Å². The zero-order valence-corrected chi connectivity index (χ0v) is 13.3. The Morgan fingerprint density at radius 3 is 2.74 bits per heavy atom. The first-order chi connectivity index (χ1) is 8.93. The van der Waals surface area contributed by atoms with Gasteiger partial charge < -0.3 is 15.3 Å². The van der Waals surface area contributed by atoms with E-state index in [1.807, 2.05) is 25.3 Å². The van der Waals surface area contributed by atoms with Crippen molar-refractivity contribution in [2.24, 2.45) is 0 Å². The van der Waals surface area contributed by atoms with Gasteiger partial charge in [-0.05, 0) is 35.3 Å². The molecule has 1 aromatic heterocycles. The van der Waals surface area contributed by atoms with E-state index in [0.717, 1.165) is 9.35 Å². The number of carbonyl (C=O) groups excluding carboxylic acids is 1. The molecule has 0 bridgehead atoms. The van der Waals surface area contributed by atoms with Gasteiger partial charge in [0.05, 0.1) is 6.54 Å². The number of halogens is 1. The Hall–Kier alpha value is -1.08. The van der Waals surface area contributed by atoms with Crippen LogP contribution in [0, 0.1) is 0 Å². The van der Waals surface area contributed by atoms with Crippen molar-refractivity contribution in [1.82, 2.24) is 10.2 Å². The third-order valence-corrected chi connectivity index (χ3v) is 4.42. The zero-order chi connectivity index (χ0) is 14.4. The van der Waals surface area contributed by atoms with Gasteiger partial charge in [-0.25, -0.2) is 4.79 Å². The van der Waals surface area contributed by atoms with Crippen molar-refractivity contribution >= 4 is 39.3 Å². The van der Waals surface area contributed by atoms with E-state index in [9.17, 15) is 9.59 Å². The molecule has 2 N–H and O–H groups in total. The van der Waals surface area contributed by atoms with Crippen molar-refractivity contribution in [3.05, 3.63) is 20.8 Å². The molecule has 0 saturated heterocycles. The van der Waals surface area contributed by atoms with Crippen molar-refractivity contribution in [3.63, 3.8) is 0 Å². The molecule has 1 heterocycles. The standard InChI is InChI=1S/C12H17BrN2O3S/c1-3-8(2)15(6-11(16)17)12(18)14-5-10-4-9(13)7-19-10/h4,7-8H,3,5-6H2,1-2H3,(H,14,18)(H,16,17). The summed E-state index contributed by atoms with van der Waals surface area (Å²) in [7, 11) is 0. The largest absolute Gasteiger partial charge is 0.480 e. The highest BCUT2D eigenvalue weighted by Crippen LogP contribution is 2.19. The first kappa shape index (κ1) is 16.0. The lowest BCUT2D eigenvalue weighted by Crippen LogP contribution is -2.47. The van der Waals surface area contributed by atoms with Gasteiger partial charge in [0, 0.05) is 20.8 Å². The second-order valence-corrected chi connectivity index (χ2v) is 6.08. The molecule has 0 radical (unpaired) electrons. The summed E-state index contributed by atoms with van der Waals surface area (Å²) in [5.41, 5.74) is 0. The molecule has 0 spiro atoms. The number of rotatable bonds is 6. The Morgan fingerprint density at radius 1 is 1.58 bits per heavy atom. The number of amides is 2. The molecular weight excluding hydrogens is 332 g/mol. The molecule has 0 aliphatic heterocycles. The second-order valence-electron chi connectivity index (χ2n) is 4.17. The van der Waals surface area contributed by atoms with Crippen LogP contribution in [-0.4, -0.2) is 34.6 Å². The van der Waals surface area contributed by atoms with Crippen LogP contribution in [0.5, 0.6) is 0 Å². The first-order valence-electron chi connectivity index (χ1n) is 5.93. The molecule has 1 aromatic rings. The normalized spacial score (nSPS) is 11.9. The molecule has 0 aromatic carbocycles. The molecule has 106 valence electrons. The maximum absolute atomic E-state index is 12.0. The smallest absolute Gasteiger partial charge is 0.323 e. The van der Waals surface area contributed by atoms with Gasteiger partial charge in [0.25, 0.3) is 0 Å². The summed E-state index contributed by atoms with van der Waals surface area (Å²) in [5.74, 6) is -1.01.